The van der Waals surface area contributed by atoms with Gasteiger partial charge in [-0.1, -0.05) is 33.1 Å². The highest BCUT2D eigenvalue weighted by Gasteiger charge is 2.38. The van der Waals surface area contributed by atoms with Crippen molar-refractivity contribution >= 4 is 11.8 Å². The molecular weight excluding hydrogens is 252 g/mol. The van der Waals surface area contributed by atoms with Gasteiger partial charge in [0.2, 0.25) is 11.8 Å². The molecule has 2 rings (SSSR count). The molecule has 0 aromatic heterocycles. The maximum atomic E-state index is 12.5. The summed E-state index contributed by atoms with van der Waals surface area (Å²) >= 11 is 0. The summed E-state index contributed by atoms with van der Waals surface area (Å²) in [5.41, 5.74) is 0. The molecule has 2 atom stereocenters. The van der Waals surface area contributed by atoms with Gasteiger partial charge in [0.05, 0.1) is 0 Å². The van der Waals surface area contributed by atoms with Crippen LogP contribution in [0.4, 0.5) is 0 Å². The third-order valence-corrected chi connectivity index (χ3v) is 4.91. The molecule has 1 aliphatic heterocycles. The van der Waals surface area contributed by atoms with Gasteiger partial charge in [-0.05, 0) is 38.0 Å². The molecule has 20 heavy (non-hydrogen) atoms. The van der Waals surface area contributed by atoms with Crippen LogP contribution in [0.3, 0.4) is 0 Å². The van der Waals surface area contributed by atoms with Crippen molar-refractivity contribution in [1.82, 2.24) is 10.2 Å². The molecule has 0 aromatic rings. The highest BCUT2D eigenvalue weighted by atomic mass is 16.2. The van der Waals surface area contributed by atoms with Crippen LogP contribution in [-0.2, 0) is 9.59 Å². The molecule has 4 nitrogen and oxygen atoms in total. The molecule has 114 valence electrons. The first-order chi connectivity index (χ1) is 9.52. The fraction of sp³-hybridized carbons (Fsp3) is 0.875. The van der Waals surface area contributed by atoms with Crippen LogP contribution in [0, 0.1) is 11.8 Å². The minimum atomic E-state index is -0.310. The largest absolute Gasteiger partial charge is 0.343 e. The molecule has 1 saturated heterocycles. The number of hydrogen-bond acceptors (Lipinski definition) is 2. The Bertz CT molecular complexity index is 361. The lowest BCUT2D eigenvalue weighted by Crippen LogP contribution is -2.63. The quantitative estimate of drug-likeness (QED) is 0.859. The van der Waals surface area contributed by atoms with Crippen LogP contribution in [0.5, 0.6) is 0 Å². The van der Waals surface area contributed by atoms with Crippen LogP contribution < -0.4 is 5.32 Å². The first kappa shape index (κ1) is 15.3. The summed E-state index contributed by atoms with van der Waals surface area (Å²) in [5, 5.41) is 2.86. The SMILES string of the molecule is CCCC1NC(=O)C(C)N(CC2CCC(C)CC2)C1=O. The fourth-order valence-electron chi connectivity index (χ4n) is 3.41. The van der Waals surface area contributed by atoms with Crippen LogP contribution in [0.2, 0.25) is 0 Å². The van der Waals surface area contributed by atoms with Crippen LogP contribution in [0.25, 0.3) is 0 Å². The molecule has 2 fully saturated rings. The number of rotatable bonds is 4. The van der Waals surface area contributed by atoms with Gasteiger partial charge in [0.15, 0.2) is 0 Å². The van der Waals surface area contributed by atoms with Crippen LogP contribution in [-0.4, -0.2) is 35.3 Å². The van der Waals surface area contributed by atoms with Crippen LogP contribution >= 0.6 is 0 Å². The number of nitrogens with zero attached hydrogens (tertiary/aromatic N) is 1. The van der Waals surface area contributed by atoms with Gasteiger partial charge in [-0.25, -0.2) is 0 Å². The zero-order chi connectivity index (χ0) is 14.7. The Hall–Kier alpha value is -1.06. The van der Waals surface area contributed by atoms with E-state index in [9.17, 15) is 9.59 Å². The molecule has 1 N–H and O–H groups in total. The molecule has 0 bridgehead atoms. The van der Waals surface area contributed by atoms with Gasteiger partial charge in [0.25, 0.3) is 0 Å². The predicted octanol–water partition coefficient (Wildman–Crippen LogP) is 2.33. The zero-order valence-electron chi connectivity index (χ0n) is 13.0. The molecule has 0 spiro atoms. The van der Waals surface area contributed by atoms with Crippen molar-refractivity contribution in [3.8, 4) is 0 Å². The molecule has 4 heteroatoms. The number of hydrogen-bond donors (Lipinski definition) is 1. The minimum absolute atomic E-state index is 0.00669. The first-order valence-electron chi connectivity index (χ1n) is 8.13. The lowest BCUT2D eigenvalue weighted by molar-refractivity contribution is -0.149. The van der Waals surface area contributed by atoms with Gasteiger partial charge in [-0.3, -0.25) is 9.59 Å². The summed E-state index contributed by atoms with van der Waals surface area (Å²) in [6, 6.07) is -0.610. The Morgan fingerprint density at radius 2 is 1.80 bits per heavy atom. The van der Waals surface area contributed by atoms with Crippen molar-refractivity contribution in [2.45, 2.75) is 71.4 Å². The minimum Gasteiger partial charge on any atom is -0.343 e. The highest BCUT2D eigenvalue weighted by molar-refractivity contribution is 5.96. The smallest absolute Gasteiger partial charge is 0.245 e. The van der Waals surface area contributed by atoms with E-state index >= 15 is 0 Å². The maximum Gasteiger partial charge on any atom is 0.245 e. The molecule has 1 heterocycles. The fourth-order valence-corrected chi connectivity index (χ4v) is 3.41. The van der Waals surface area contributed by atoms with Crippen molar-refractivity contribution in [2.24, 2.45) is 11.8 Å². The van der Waals surface area contributed by atoms with E-state index in [4.69, 9.17) is 0 Å². The lowest BCUT2D eigenvalue weighted by atomic mass is 9.82. The monoisotopic (exact) mass is 280 g/mol. The number of nitrogens with one attached hydrogen (secondary N) is 1. The standard InChI is InChI=1S/C16H28N2O2/c1-4-5-14-16(20)18(12(3)15(19)17-14)10-13-8-6-11(2)7-9-13/h11-14H,4-10H2,1-3H3,(H,17,19). The zero-order valence-corrected chi connectivity index (χ0v) is 13.0. The molecule has 0 aromatic carbocycles. The summed E-state index contributed by atoms with van der Waals surface area (Å²) in [6.45, 7) is 6.96. The Kier molecular flexibility index (Phi) is 5.06. The van der Waals surface area contributed by atoms with Crippen LogP contribution in [0.1, 0.15) is 59.3 Å². The average Bonchev–Trinajstić information content (AvgIpc) is 2.43. The molecular formula is C16H28N2O2. The molecule has 2 aliphatic rings. The van der Waals surface area contributed by atoms with Gasteiger partial charge in [-0.2, -0.15) is 0 Å². The van der Waals surface area contributed by atoms with Crippen molar-refractivity contribution < 1.29 is 9.59 Å². The molecule has 1 saturated carbocycles. The summed E-state index contributed by atoms with van der Waals surface area (Å²) in [4.78, 5) is 26.4. The summed E-state index contributed by atoms with van der Waals surface area (Å²) in [7, 11) is 0. The van der Waals surface area contributed by atoms with Gasteiger partial charge in [0.1, 0.15) is 12.1 Å². The van der Waals surface area contributed by atoms with E-state index in [1.807, 2.05) is 18.7 Å². The summed E-state index contributed by atoms with van der Waals surface area (Å²) in [6.07, 6.45) is 6.56. The Labute approximate surface area is 122 Å². The summed E-state index contributed by atoms with van der Waals surface area (Å²) < 4.78 is 0. The number of carbonyl (C=O) groups is 2. The van der Waals surface area contributed by atoms with Crippen molar-refractivity contribution in [1.29, 1.82) is 0 Å². The number of amides is 2. The predicted molar refractivity (Wildman–Crippen MR) is 79.1 cm³/mol. The van der Waals surface area contributed by atoms with Crippen molar-refractivity contribution in [2.75, 3.05) is 6.54 Å². The second-order valence-electron chi connectivity index (χ2n) is 6.64. The maximum absolute atomic E-state index is 12.5. The van der Waals surface area contributed by atoms with Gasteiger partial charge >= 0.3 is 0 Å². The van der Waals surface area contributed by atoms with E-state index in [1.54, 1.807) is 0 Å². The lowest BCUT2D eigenvalue weighted by Gasteiger charge is -2.40. The molecule has 0 radical (unpaired) electrons. The topological polar surface area (TPSA) is 49.4 Å². The van der Waals surface area contributed by atoms with Crippen molar-refractivity contribution in [3.05, 3.63) is 0 Å². The molecule has 2 unspecified atom stereocenters. The molecule has 2 amide bonds. The van der Waals surface area contributed by atoms with Gasteiger partial charge in [0, 0.05) is 6.54 Å². The van der Waals surface area contributed by atoms with E-state index in [0.717, 1.165) is 25.3 Å². The van der Waals surface area contributed by atoms with E-state index in [-0.39, 0.29) is 23.9 Å². The first-order valence-corrected chi connectivity index (χ1v) is 8.13. The third kappa shape index (κ3) is 3.33. The van der Waals surface area contributed by atoms with E-state index < -0.39 is 0 Å². The second-order valence-corrected chi connectivity index (χ2v) is 6.64. The van der Waals surface area contributed by atoms with E-state index in [0.29, 0.717) is 5.92 Å². The highest BCUT2D eigenvalue weighted by Crippen LogP contribution is 2.30. The number of carbonyl (C=O) groups excluding carboxylic acids is 2. The normalized spacial score (nSPS) is 35.0. The van der Waals surface area contributed by atoms with Crippen molar-refractivity contribution in [3.63, 3.8) is 0 Å². The Morgan fingerprint density at radius 3 is 2.40 bits per heavy atom. The van der Waals surface area contributed by atoms with E-state index in [2.05, 4.69) is 12.2 Å². The van der Waals surface area contributed by atoms with Gasteiger partial charge < -0.3 is 10.2 Å². The molecule has 1 aliphatic carbocycles. The Morgan fingerprint density at radius 1 is 1.15 bits per heavy atom. The average molecular weight is 280 g/mol. The second kappa shape index (κ2) is 6.59. The van der Waals surface area contributed by atoms with E-state index in [1.165, 1.54) is 25.7 Å². The Balaban J connectivity index is 1.99. The van der Waals surface area contributed by atoms with Gasteiger partial charge in [-0.15, -0.1) is 0 Å². The summed E-state index contributed by atoms with van der Waals surface area (Å²) in [5.74, 6) is 1.52. The number of piperazine rings is 1. The third-order valence-electron chi connectivity index (χ3n) is 4.91. The van der Waals surface area contributed by atoms with Crippen LogP contribution in [0.15, 0.2) is 0 Å².